The van der Waals surface area contributed by atoms with Gasteiger partial charge in [-0.2, -0.15) is 11.8 Å². The van der Waals surface area contributed by atoms with Gasteiger partial charge in [0.1, 0.15) is 0 Å². The van der Waals surface area contributed by atoms with E-state index in [4.69, 9.17) is 0 Å². The smallest absolute Gasteiger partial charge is 0.232 e. The van der Waals surface area contributed by atoms with Crippen molar-refractivity contribution in [2.75, 3.05) is 43.9 Å². The van der Waals surface area contributed by atoms with E-state index in [9.17, 15) is 9.59 Å². The van der Waals surface area contributed by atoms with Crippen molar-refractivity contribution in [2.45, 2.75) is 18.6 Å². The van der Waals surface area contributed by atoms with Gasteiger partial charge in [0, 0.05) is 51.5 Å². The van der Waals surface area contributed by atoms with Crippen LogP contribution in [-0.2, 0) is 9.59 Å². The minimum Gasteiger partial charge on any atom is -0.355 e. The predicted molar refractivity (Wildman–Crippen MR) is 91.4 cm³/mol. The minimum absolute atomic E-state index is 0.0173. The molecule has 2 heterocycles. The Labute approximate surface area is 140 Å². The van der Waals surface area contributed by atoms with Gasteiger partial charge in [0.25, 0.3) is 0 Å². The second kappa shape index (κ2) is 8.71. The van der Waals surface area contributed by atoms with Gasteiger partial charge in [0.05, 0.1) is 5.25 Å². The van der Waals surface area contributed by atoms with Crippen molar-refractivity contribution in [1.82, 2.24) is 20.2 Å². The number of nitrogens with zero attached hydrogens (tertiary/aromatic N) is 4. The summed E-state index contributed by atoms with van der Waals surface area (Å²) in [7, 11) is 0. The molecule has 0 saturated carbocycles. The Morgan fingerprint density at radius 3 is 2.52 bits per heavy atom. The molecular weight excluding hydrogens is 314 g/mol. The van der Waals surface area contributed by atoms with Crippen molar-refractivity contribution in [3.63, 3.8) is 0 Å². The van der Waals surface area contributed by atoms with E-state index in [1.165, 1.54) is 11.8 Å². The number of hydrogen-bond donors (Lipinski definition) is 1. The molecule has 1 aromatic rings. The predicted octanol–water partition coefficient (Wildman–Crippen LogP) is 0.383. The third kappa shape index (κ3) is 5.09. The monoisotopic (exact) mass is 337 g/mol. The molecular formula is C15H23N5O2S. The number of amides is 2. The topological polar surface area (TPSA) is 78.4 Å². The number of anilines is 1. The molecule has 8 heteroatoms. The molecule has 0 aromatic carbocycles. The fourth-order valence-corrected chi connectivity index (χ4v) is 2.61. The van der Waals surface area contributed by atoms with Crippen LogP contribution in [0.3, 0.4) is 0 Å². The molecule has 0 bridgehead atoms. The number of nitrogens with one attached hydrogen (secondary N) is 1. The normalized spacial score (nSPS) is 16.1. The van der Waals surface area contributed by atoms with Crippen molar-refractivity contribution in [2.24, 2.45) is 0 Å². The molecule has 2 rings (SSSR count). The van der Waals surface area contributed by atoms with Crippen LogP contribution in [0.5, 0.6) is 0 Å². The molecule has 2 amide bonds. The Balaban J connectivity index is 1.70. The van der Waals surface area contributed by atoms with Gasteiger partial charge in [-0.15, -0.1) is 0 Å². The number of carbonyl (C=O) groups is 2. The maximum Gasteiger partial charge on any atom is 0.232 e. The third-order valence-corrected chi connectivity index (χ3v) is 4.75. The summed E-state index contributed by atoms with van der Waals surface area (Å²) in [6.45, 7) is 5.02. The van der Waals surface area contributed by atoms with Crippen molar-refractivity contribution in [3.8, 4) is 0 Å². The van der Waals surface area contributed by atoms with Crippen LogP contribution < -0.4 is 10.2 Å². The molecule has 0 aliphatic carbocycles. The summed E-state index contributed by atoms with van der Waals surface area (Å²) in [5, 5.41) is 2.72. The van der Waals surface area contributed by atoms with E-state index in [2.05, 4.69) is 20.2 Å². The van der Waals surface area contributed by atoms with Crippen LogP contribution in [0.1, 0.15) is 13.3 Å². The fraction of sp³-hybridized carbons (Fsp3) is 0.600. The standard InChI is InChI=1S/C15H23N5O2S/c1-12(23-2)14(22)16-7-4-13(21)19-8-10-20(11-9-19)15-17-5-3-6-18-15/h3,5-6,12H,4,7-11H2,1-2H3,(H,16,22)/t12-/m0/s1. The highest BCUT2D eigenvalue weighted by atomic mass is 32.2. The van der Waals surface area contributed by atoms with Crippen molar-refractivity contribution in [1.29, 1.82) is 0 Å². The average molecular weight is 337 g/mol. The van der Waals surface area contributed by atoms with Gasteiger partial charge >= 0.3 is 0 Å². The third-order valence-electron chi connectivity index (χ3n) is 3.83. The summed E-state index contributed by atoms with van der Waals surface area (Å²) in [5.74, 6) is 0.769. The second-order valence-electron chi connectivity index (χ2n) is 5.34. The highest BCUT2D eigenvalue weighted by molar-refractivity contribution is 7.99. The number of thioether (sulfide) groups is 1. The molecule has 126 valence electrons. The first-order valence-corrected chi connectivity index (χ1v) is 9.01. The largest absolute Gasteiger partial charge is 0.355 e. The summed E-state index contributed by atoms with van der Waals surface area (Å²) in [5.41, 5.74) is 0. The van der Waals surface area contributed by atoms with Crippen LogP contribution in [0.4, 0.5) is 5.95 Å². The van der Waals surface area contributed by atoms with E-state index >= 15 is 0 Å². The molecule has 1 aliphatic rings. The minimum atomic E-state index is -0.0838. The number of hydrogen-bond acceptors (Lipinski definition) is 6. The number of rotatable bonds is 6. The molecule has 0 unspecified atom stereocenters. The van der Waals surface area contributed by atoms with Gasteiger partial charge < -0.3 is 15.1 Å². The van der Waals surface area contributed by atoms with E-state index in [-0.39, 0.29) is 17.1 Å². The van der Waals surface area contributed by atoms with Gasteiger partial charge in [-0.25, -0.2) is 9.97 Å². The van der Waals surface area contributed by atoms with E-state index < -0.39 is 0 Å². The number of carbonyl (C=O) groups excluding carboxylic acids is 2. The van der Waals surface area contributed by atoms with E-state index in [0.29, 0.717) is 32.0 Å². The van der Waals surface area contributed by atoms with E-state index in [0.717, 1.165) is 13.1 Å². The highest BCUT2D eigenvalue weighted by Gasteiger charge is 2.22. The Hall–Kier alpha value is -1.83. The quantitative estimate of drug-likeness (QED) is 0.809. The van der Waals surface area contributed by atoms with Gasteiger partial charge in [0.2, 0.25) is 17.8 Å². The first-order valence-electron chi connectivity index (χ1n) is 7.72. The van der Waals surface area contributed by atoms with Crippen LogP contribution in [0, 0.1) is 0 Å². The average Bonchev–Trinajstić information content (AvgIpc) is 2.61. The summed E-state index contributed by atoms with van der Waals surface area (Å²) in [6, 6.07) is 1.79. The van der Waals surface area contributed by atoms with Crippen LogP contribution in [-0.4, -0.2) is 70.9 Å². The van der Waals surface area contributed by atoms with Crippen LogP contribution >= 0.6 is 11.8 Å². The van der Waals surface area contributed by atoms with Crippen molar-refractivity contribution < 1.29 is 9.59 Å². The maximum absolute atomic E-state index is 12.2. The van der Waals surface area contributed by atoms with Crippen LogP contribution in [0.15, 0.2) is 18.5 Å². The zero-order valence-electron chi connectivity index (χ0n) is 13.6. The van der Waals surface area contributed by atoms with Crippen LogP contribution in [0.25, 0.3) is 0 Å². The molecule has 1 N–H and O–H groups in total. The van der Waals surface area contributed by atoms with Gasteiger partial charge in [-0.1, -0.05) is 0 Å². The molecule has 0 radical (unpaired) electrons. The highest BCUT2D eigenvalue weighted by Crippen LogP contribution is 2.10. The zero-order valence-corrected chi connectivity index (χ0v) is 14.4. The Morgan fingerprint density at radius 2 is 1.91 bits per heavy atom. The van der Waals surface area contributed by atoms with Crippen molar-refractivity contribution in [3.05, 3.63) is 18.5 Å². The zero-order chi connectivity index (χ0) is 16.7. The van der Waals surface area contributed by atoms with Gasteiger partial charge in [0.15, 0.2) is 0 Å². The van der Waals surface area contributed by atoms with Crippen LogP contribution in [0.2, 0.25) is 0 Å². The Kier molecular flexibility index (Phi) is 6.64. The summed E-state index contributed by atoms with van der Waals surface area (Å²) in [4.78, 5) is 36.2. The molecule has 1 saturated heterocycles. The number of aromatic nitrogens is 2. The second-order valence-corrected chi connectivity index (χ2v) is 6.51. The molecule has 23 heavy (non-hydrogen) atoms. The van der Waals surface area contributed by atoms with Crippen molar-refractivity contribution >= 4 is 29.5 Å². The fourth-order valence-electron chi connectivity index (χ4n) is 2.31. The maximum atomic E-state index is 12.2. The van der Waals surface area contributed by atoms with Gasteiger partial charge in [-0.3, -0.25) is 9.59 Å². The first-order chi connectivity index (χ1) is 11.1. The molecule has 1 fully saturated rings. The van der Waals surface area contributed by atoms with E-state index in [1.807, 2.05) is 18.1 Å². The molecule has 1 aromatic heterocycles. The molecule has 0 spiro atoms. The lowest BCUT2D eigenvalue weighted by Gasteiger charge is -2.34. The lowest BCUT2D eigenvalue weighted by molar-refractivity contribution is -0.131. The number of piperazine rings is 1. The lowest BCUT2D eigenvalue weighted by Crippen LogP contribution is -2.49. The summed E-state index contributed by atoms with van der Waals surface area (Å²) in [6.07, 6.45) is 5.68. The summed E-state index contributed by atoms with van der Waals surface area (Å²) < 4.78 is 0. The van der Waals surface area contributed by atoms with E-state index in [1.54, 1.807) is 18.5 Å². The molecule has 7 nitrogen and oxygen atoms in total. The first kappa shape index (κ1) is 17.5. The Morgan fingerprint density at radius 1 is 1.26 bits per heavy atom. The molecule has 1 atom stereocenters. The molecule has 1 aliphatic heterocycles. The lowest BCUT2D eigenvalue weighted by atomic mass is 10.2. The van der Waals surface area contributed by atoms with Gasteiger partial charge in [-0.05, 0) is 19.2 Å². The Bertz CT molecular complexity index is 520. The summed E-state index contributed by atoms with van der Waals surface area (Å²) >= 11 is 1.49. The SMILES string of the molecule is CS[C@@H](C)C(=O)NCCC(=O)N1CCN(c2ncccn2)CC1.